The zero-order valence-corrected chi connectivity index (χ0v) is 23.3. The fourth-order valence-electron chi connectivity index (χ4n) is 4.38. The highest BCUT2D eigenvalue weighted by molar-refractivity contribution is 7.92. The molecule has 1 heterocycles. The third-order valence-electron chi connectivity index (χ3n) is 6.49. The van der Waals surface area contributed by atoms with Crippen LogP contribution in [0.15, 0.2) is 113 Å². The topological polar surface area (TPSA) is 125 Å². The van der Waals surface area contributed by atoms with Crippen molar-refractivity contribution in [2.45, 2.75) is 10.8 Å². The van der Waals surface area contributed by atoms with E-state index in [1.54, 1.807) is 60.7 Å². The van der Waals surface area contributed by atoms with Gasteiger partial charge in [-0.25, -0.2) is 16.8 Å². The number of rotatable bonds is 8. The molecule has 204 valence electrons. The Hall–Kier alpha value is -4.48. The minimum atomic E-state index is -3.84. The quantitative estimate of drug-likeness (QED) is 0.294. The monoisotopic (exact) mass is 574 g/mol. The molecular formula is C29H26N4O5S2. The lowest BCUT2D eigenvalue weighted by Crippen LogP contribution is -2.24. The molecule has 1 unspecified atom stereocenters. The van der Waals surface area contributed by atoms with Crippen molar-refractivity contribution in [2.24, 2.45) is 4.99 Å². The van der Waals surface area contributed by atoms with E-state index in [1.165, 1.54) is 19.2 Å². The van der Waals surface area contributed by atoms with E-state index in [-0.39, 0.29) is 10.8 Å². The second kappa shape index (κ2) is 10.6. The van der Waals surface area contributed by atoms with Gasteiger partial charge in [-0.3, -0.25) is 18.8 Å². The van der Waals surface area contributed by atoms with Gasteiger partial charge in [0.05, 0.1) is 28.2 Å². The van der Waals surface area contributed by atoms with Crippen LogP contribution in [0, 0.1) is 0 Å². The summed E-state index contributed by atoms with van der Waals surface area (Å²) in [5, 5.41) is 2.88. The SMILES string of the molecule is CN(c1ccc(N=C(c2ccccc2)C2C(=O)Nc3ccc(NS(=O)(=O)c4ccccc4)cc32)cc1)S(C)(=O)=O. The lowest BCUT2D eigenvalue weighted by Gasteiger charge is -2.17. The molecule has 9 nitrogen and oxygen atoms in total. The van der Waals surface area contributed by atoms with E-state index >= 15 is 0 Å². The van der Waals surface area contributed by atoms with Crippen molar-refractivity contribution in [3.05, 3.63) is 114 Å². The molecular weight excluding hydrogens is 548 g/mol. The van der Waals surface area contributed by atoms with Gasteiger partial charge in [0.2, 0.25) is 15.9 Å². The van der Waals surface area contributed by atoms with Crippen LogP contribution in [0.3, 0.4) is 0 Å². The molecule has 0 fully saturated rings. The third kappa shape index (κ3) is 5.61. The summed E-state index contributed by atoms with van der Waals surface area (Å²) in [5.74, 6) is -1.12. The first kappa shape index (κ1) is 27.1. The molecule has 0 aliphatic carbocycles. The Labute approximate surface area is 233 Å². The van der Waals surface area contributed by atoms with Crippen LogP contribution in [0.4, 0.5) is 22.7 Å². The van der Waals surface area contributed by atoms with Gasteiger partial charge < -0.3 is 5.32 Å². The lowest BCUT2D eigenvalue weighted by atomic mass is 9.90. The van der Waals surface area contributed by atoms with Crippen molar-refractivity contribution < 1.29 is 21.6 Å². The van der Waals surface area contributed by atoms with Crippen LogP contribution in [-0.2, 0) is 24.8 Å². The summed E-state index contributed by atoms with van der Waals surface area (Å²) in [6.07, 6.45) is 1.12. The standard InChI is InChI=1S/C29H26N4O5S2/c1-33(39(2,35)36)23-16-13-21(14-17-23)30-28(20-9-5-3-6-10-20)27-25-19-22(15-18-26(25)31-29(27)34)32-40(37,38)24-11-7-4-8-12-24/h3-19,27,32H,1-2H3,(H,31,34). The lowest BCUT2D eigenvalue weighted by molar-refractivity contribution is -0.115. The number of amides is 1. The fourth-order valence-corrected chi connectivity index (χ4v) is 5.96. The van der Waals surface area contributed by atoms with Crippen LogP contribution in [0.25, 0.3) is 0 Å². The molecule has 5 rings (SSSR count). The van der Waals surface area contributed by atoms with Crippen LogP contribution >= 0.6 is 0 Å². The molecule has 4 aromatic carbocycles. The summed E-state index contributed by atoms with van der Waals surface area (Å²) < 4.78 is 53.4. The highest BCUT2D eigenvalue weighted by Crippen LogP contribution is 2.38. The summed E-state index contributed by atoms with van der Waals surface area (Å²) in [6.45, 7) is 0. The molecule has 1 amide bonds. The number of fused-ring (bicyclic) bond motifs is 1. The Morgan fingerprint density at radius 1 is 0.850 bits per heavy atom. The molecule has 0 aromatic heterocycles. The van der Waals surface area contributed by atoms with Crippen molar-refractivity contribution in [3.8, 4) is 0 Å². The van der Waals surface area contributed by atoms with Crippen LogP contribution < -0.4 is 14.3 Å². The molecule has 1 aliphatic heterocycles. The van der Waals surface area contributed by atoms with E-state index in [4.69, 9.17) is 4.99 Å². The maximum Gasteiger partial charge on any atom is 0.261 e. The van der Waals surface area contributed by atoms with Gasteiger partial charge >= 0.3 is 0 Å². The molecule has 1 atom stereocenters. The van der Waals surface area contributed by atoms with E-state index in [9.17, 15) is 21.6 Å². The summed E-state index contributed by atoms with van der Waals surface area (Å²) in [5.41, 5.74) is 3.62. The van der Waals surface area contributed by atoms with E-state index in [2.05, 4.69) is 10.0 Å². The first-order valence-electron chi connectivity index (χ1n) is 12.2. The zero-order chi connectivity index (χ0) is 28.5. The van der Waals surface area contributed by atoms with Crippen LogP contribution in [0.1, 0.15) is 17.0 Å². The predicted octanol–water partition coefficient (Wildman–Crippen LogP) is 4.74. The molecule has 0 bridgehead atoms. The van der Waals surface area contributed by atoms with Gasteiger partial charge in [0.25, 0.3) is 10.0 Å². The molecule has 4 aromatic rings. The summed E-state index contributed by atoms with van der Waals surface area (Å²) in [7, 11) is -5.80. The summed E-state index contributed by atoms with van der Waals surface area (Å²) >= 11 is 0. The summed E-state index contributed by atoms with van der Waals surface area (Å²) in [6, 6.07) is 28.8. The number of anilines is 3. The number of nitrogens with zero attached hydrogens (tertiary/aromatic N) is 2. The van der Waals surface area contributed by atoms with Gasteiger partial charge in [0, 0.05) is 18.4 Å². The first-order valence-corrected chi connectivity index (χ1v) is 15.6. The molecule has 1 aliphatic rings. The molecule has 2 N–H and O–H groups in total. The first-order chi connectivity index (χ1) is 19.0. The Bertz CT molecular complexity index is 1810. The second-order valence-corrected chi connectivity index (χ2v) is 12.9. The number of aliphatic imine (C=N–C) groups is 1. The molecule has 0 spiro atoms. The Morgan fingerprint density at radius 3 is 2.10 bits per heavy atom. The molecule has 0 radical (unpaired) electrons. The van der Waals surface area contributed by atoms with Crippen LogP contribution in [-0.4, -0.2) is 41.8 Å². The van der Waals surface area contributed by atoms with Crippen molar-refractivity contribution >= 4 is 54.4 Å². The van der Waals surface area contributed by atoms with Crippen molar-refractivity contribution in [1.29, 1.82) is 0 Å². The van der Waals surface area contributed by atoms with Gasteiger partial charge in [-0.1, -0.05) is 48.5 Å². The average molecular weight is 575 g/mol. The smallest absolute Gasteiger partial charge is 0.261 e. The van der Waals surface area contributed by atoms with Crippen LogP contribution in [0.5, 0.6) is 0 Å². The number of sulfonamides is 2. The summed E-state index contributed by atoms with van der Waals surface area (Å²) in [4.78, 5) is 18.3. The number of nitrogens with one attached hydrogen (secondary N) is 2. The highest BCUT2D eigenvalue weighted by Gasteiger charge is 2.36. The fraction of sp³-hybridized carbons (Fsp3) is 0.103. The maximum absolute atomic E-state index is 13.3. The molecule has 0 saturated carbocycles. The Morgan fingerprint density at radius 2 is 1.48 bits per heavy atom. The van der Waals surface area contributed by atoms with Crippen molar-refractivity contribution in [3.63, 3.8) is 0 Å². The van der Waals surface area contributed by atoms with Gasteiger partial charge in [0.1, 0.15) is 5.92 Å². The van der Waals surface area contributed by atoms with Gasteiger partial charge in [-0.05, 0) is 65.7 Å². The van der Waals surface area contributed by atoms with E-state index in [0.717, 1.165) is 10.6 Å². The number of benzene rings is 4. The number of carbonyl (C=O) groups is 1. The van der Waals surface area contributed by atoms with E-state index < -0.39 is 26.0 Å². The number of carbonyl (C=O) groups excluding carboxylic acids is 1. The maximum atomic E-state index is 13.3. The molecule has 11 heteroatoms. The third-order valence-corrected chi connectivity index (χ3v) is 9.09. The van der Waals surface area contributed by atoms with Crippen molar-refractivity contribution in [2.75, 3.05) is 27.6 Å². The van der Waals surface area contributed by atoms with Gasteiger partial charge in [-0.15, -0.1) is 0 Å². The van der Waals surface area contributed by atoms with E-state index in [1.807, 2.05) is 30.3 Å². The number of hydrogen-bond acceptors (Lipinski definition) is 6. The largest absolute Gasteiger partial charge is 0.325 e. The molecule has 40 heavy (non-hydrogen) atoms. The van der Waals surface area contributed by atoms with E-state index in [0.29, 0.717) is 39.6 Å². The predicted molar refractivity (Wildman–Crippen MR) is 157 cm³/mol. The Balaban J connectivity index is 1.55. The zero-order valence-electron chi connectivity index (χ0n) is 21.6. The second-order valence-electron chi connectivity index (χ2n) is 9.25. The van der Waals surface area contributed by atoms with Crippen LogP contribution in [0.2, 0.25) is 0 Å². The minimum Gasteiger partial charge on any atom is -0.325 e. The Kier molecular flexibility index (Phi) is 7.17. The molecule has 0 saturated heterocycles. The van der Waals surface area contributed by atoms with Gasteiger partial charge in [-0.2, -0.15) is 0 Å². The minimum absolute atomic E-state index is 0.123. The normalized spacial score (nSPS) is 15.3. The van der Waals surface area contributed by atoms with Gasteiger partial charge in [0.15, 0.2) is 0 Å². The van der Waals surface area contributed by atoms with Crippen molar-refractivity contribution in [1.82, 2.24) is 0 Å². The average Bonchev–Trinajstić information content (AvgIpc) is 3.26. The highest BCUT2D eigenvalue weighted by atomic mass is 32.2. The number of hydrogen-bond donors (Lipinski definition) is 2.